The van der Waals surface area contributed by atoms with Crippen molar-refractivity contribution in [1.29, 1.82) is 5.26 Å². The Labute approximate surface area is 62.0 Å². The molecule has 0 aliphatic heterocycles. The molecular formula is C6H6BrNO. The van der Waals surface area contributed by atoms with Gasteiger partial charge in [0.15, 0.2) is 0 Å². The van der Waals surface area contributed by atoms with E-state index in [1.165, 1.54) is 0 Å². The Hall–Kier alpha value is -0.360. The van der Waals surface area contributed by atoms with Gasteiger partial charge in [-0.25, -0.2) is 0 Å². The summed E-state index contributed by atoms with van der Waals surface area (Å²) < 4.78 is 0. The molecule has 3 heteroatoms. The van der Waals surface area contributed by atoms with Crippen molar-refractivity contribution in [2.24, 2.45) is 5.92 Å². The highest BCUT2D eigenvalue weighted by Crippen LogP contribution is 2.27. The number of nitrogens with zero attached hydrogens (tertiary/aromatic N) is 1. The van der Waals surface area contributed by atoms with Crippen molar-refractivity contribution >= 4 is 21.7 Å². The number of hydrogen-bond acceptors (Lipinski definition) is 2. The minimum Gasteiger partial charge on any atom is -0.298 e. The van der Waals surface area contributed by atoms with Crippen LogP contribution in [0, 0.1) is 17.2 Å². The van der Waals surface area contributed by atoms with Crippen molar-refractivity contribution in [3.63, 3.8) is 0 Å². The maximum Gasteiger partial charge on any atom is 0.147 e. The number of Topliss-reactive ketones (excluding diaryl/α,β-unsaturated/α-hetero) is 1. The molecular weight excluding hydrogens is 182 g/mol. The van der Waals surface area contributed by atoms with Crippen LogP contribution in [0.5, 0.6) is 0 Å². The average Bonchev–Trinajstić information content (AvgIpc) is 2.15. The highest BCUT2D eigenvalue weighted by atomic mass is 79.9. The second-order valence-corrected chi connectivity index (χ2v) is 3.13. The molecule has 2 nitrogen and oxygen atoms in total. The number of ketones is 1. The van der Waals surface area contributed by atoms with Crippen molar-refractivity contribution in [3.05, 3.63) is 0 Å². The van der Waals surface area contributed by atoms with Gasteiger partial charge in [-0.15, -0.1) is 0 Å². The molecule has 0 bridgehead atoms. The van der Waals surface area contributed by atoms with E-state index in [0.29, 0.717) is 6.42 Å². The Kier molecular flexibility index (Phi) is 1.87. The molecule has 0 spiro atoms. The summed E-state index contributed by atoms with van der Waals surface area (Å²) in [7, 11) is 0. The molecule has 1 saturated carbocycles. The monoisotopic (exact) mass is 187 g/mol. The zero-order valence-corrected chi connectivity index (χ0v) is 6.39. The van der Waals surface area contributed by atoms with Crippen LogP contribution in [0.4, 0.5) is 0 Å². The smallest absolute Gasteiger partial charge is 0.147 e. The first-order chi connectivity index (χ1) is 4.25. The summed E-state index contributed by atoms with van der Waals surface area (Å²) in [6.07, 6.45) is 1.29. The summed E-state index contributed by atoms with van der Waals surface area (Å²) in [4.78, 5) is 10.6. The number of alkyl halides is 1. The van der Waals surface area contributed by atoms with Gasteiger partial charge in [0.2, 0.25) is 0 Å². The van der Waals surface area contributed by atoms with Crippen LogP contribution < -0.4 is 0 Å². The predicted octanol–water partition coefficient (Wildman–Crippen LogP) is 1.25. The van der Waals surface area contributed by atoms with E-state index in [2.05, 4.69) is 22.0 Å². The number of carbonyl (C=O) groups is 1. The lowest BCUT2D eigenvalue weighted by atomic mass is 10.1. The standard InChI is InChI=1S/C6H6BrNO/c7-6-4(3-8)1-2-5(6)9/h4,6H,1-2H2/t4-,6-/m1/s1. The first kappa shape index (κ1) is 6.76. The van der Waals surface area contributed by atoms with Gasteiger partial charge in [0.05, 0.1) is 16.8 Å². The summed E-state index contributed by atoms with van der Waals surface area (Å²) in [5.74, 6) is 0.0825. The number of rotatable bonds is 0. The van der Waals surface area contributed by atoms with Crippen molar-refractivity contribution in [2.75, 3.05) is 0 Å². The van der Waals surface area contributed by atoms with E-state index in [-0.39, 0.29) is 16.5 Å². The van der Waals surface area contributed by atoms with Gasteiger partial charge in [-0.1, -0.05) is 15.9 Å². The Morgan fingerprint density at radius 1 is 1.78 bits per heavy atom. The second-order valence-electron chi connectivity index (χ2n) is 2.14. The van der Waals surface area contributed by atoms with Gasteiger partial charge in [0.25, 0.3) is 0 Å². The molecule has 1 rings (SSSR count). The average molecular weight is 188 g/mol. The lowest BCUT2D eigenvalue weighted by Crippen LogP contribution is -2.11. The van der Waals surface area contributed by atoms with E-state index in [9.17, 15) is 4.79 Å². The summed E-state index contributed by atoms with van der Waals surface area (Å²) in [5.41, 5.74) is 0. The highest BCUT2D eigenvalue weighted by Gasteiger charge is 2.31. The molecule has 0 N–H and O–H groups in total. The van der Waals surface area contributed by atoms with E-state index in [4.69, 9.17) is 5.26 Å². The van der Waals surface area contributed by atoms with Crippen molar-refractivity contribution in [3.8, 4) is 6.07 Å². The van der Waals surface area contributed by atoms with Gasteiger partial charge in [0, 0.05) is 6.42 Å². The third-order valence-electron chi connectivity index (χ3n) is 1.53. The number of halogens is 1. The van der Waals surface area contributed by atoms with Crippen LogP contribution in [0.25, 0.3) is 0 Å². The molecule has 48 valence electrons. The van der Waals surface area contributed by atoms with Crippen LogP contribution >= 0.6 is 15.9 Å². The lowest BCUT2D eigenvalue weighted by molar-refractivity contribution is -0.116. The molecule has 1 aliphatic carbocycles. The van der Waals surface area contributed by atoms with Crippen LogP contribution in [0.1, 0.15) is 12.8 Å². The van der Waals surface area contributed by atoms with Crippen LogP contribution in [-0.2, 0) is 4.79 Å². The molecule has 0 aromatic carbocycles. The van der Waals surface area contributed by atoms with Gasteiger partial charge in [-0.3, -0.25) is 4.79 Å². The first-order valence-corrected chi connectivity index (χ1v) is 3.73. The predicted molar refractivity (Wildman–Crippen MR) is 36.1 cm³/mol. The summed E-state index contributed by atoms with van der Waals surface area (Å²) in [5, 5.41) is 8.42. The van der Waals surface area contributed by atoms with Crippen LogP contribution in [0.15, 0.2) is 0 Å². The van der Waals surface area contributed by atoms with Crippen LogP contribution in [0.3, 0.4) is 0 Å². The Morgan fingerprint density at radius 3 is 2.67 bits per heavy atom. The Bertz CT molecular complexity index is 172. The Morgan fingerprint density at radius 2 is 2.44 bits per heavy atom. The molecule has 2 atom stereocenters. The lowest BCUT2D eigenvalue weighted by Gasteiger charge is -1.98. The molecule has 0 heterocycles. The topological polar surface area (TPSA) is 40.9 Å². The normalized spacial score (nSPS) is 34.4. The van der Waals surface area contributed by atoms with Gasteiger partial charge in [-0.05, 0) is 6.42 Å². The minimum absolute atomic E-state index is 0.0856. The molecule has 0 radical (unpaired) electrons. The van der Waals surface area contributed by atoms with Crippen molar-refractivity contribution in [1.82, 2.24) is 0 Å². The maximum atomic E-state index is 10.7. The van der Waals surface area contributed by atoms with E-state index in [0.717, 1.165) is 6.42 Å². The highest BCUT2D eigenvalue weighted by molar-refractivity contribution is 9.10. The summed E-state index contributed by atoms with van der Waals surface area (Å²) >= 11 is 3.16. The molecule has 0 aromatic rings. The van der Waals surface area contributed by atoms with Crippen LogP contribution in [0.2, 0.25) is 0 Å². The summed E-state index contributed by atoms with van der Waals surface area (Å²) in [6.45, 7) is 0. The van der Waals surface area contributed by atoms with Gasteiger partial charge < -0.3 is 0 Å². The molecule has 0 unspecified atom stereocenters. The number of hydrogen-bond donors (Lipinski definition) is 0. The van der Waals surface area contributed by atoms with E-state index in [1.54, 1.807) is 0 Å². The quantitative estimate of drug-likeness (QED) is 0.536. The molecule has 0 amide bonds. The molecule has 0 saturated heterocycles. The van der Waals surface area contributed by atoms with Gasteiger partial charge in [-0.2, -0.15) is 5.26 Å². The van der Waals surface area contributed by atoms with E-state index in [1.807, 2.05) is 0 Å². The van der Waals surface area contributed by atoms with Gasteiger partial charge in [0.1, 0.15) is 5.78 Å². The third kappa shape index (κ3) is 1.13. The molecule has 0 aromatic heterocycles. The fourth-order valence-corrected chi connectivity index (χ4v) is 1.55. The Balaban J connectivity index is 2.64. The van der Waals surface area contributed by atoms with Gasteiger partial charge >= 0.3 is 0 Å². The molecule has 1 fully saturated rings. The first-order valence-electron chi connectivity index (χ1n) is 2.82. The zero-order valence-electron chi connectivity index (χ0n) is 4.80. The van der Waals surface area contributed by atoms with E-state index >= 15 is 0 Å². The largest absolute Gasteiger partial charge is 0.298 e. The van der Waals surface area contributed by atoms with Crippen LogP contribution in [-0.4, -0.2) is 10.6 Å². The molecule has 9 heavy (non-hydrogen) atoms. The zero-order chi connectivity index (χ0) is 6.85. The summed E-state index contributed by atoms with van der Waals surface area (Å²) in [6, 6.07) is 2.08. The third-order valence-corrected chi connectivity index (χ3v) is 2.68. The molecule has 1 aliphatic rings. The maximum absolute atomic E-state index is 10.7. The van der Waals surface area contributed by atoms with Crippen molar-refractivity contribution in [2.45, 2.75) is 17.7 Å². The SMILES string of the molecule is N#C[C@H]1CCC(=O)[C@@H]1Br. The second kappa shape index (κ2) is 2.49. The number of carbonyl (C=O) groups excluding carboxylic acids is 1. The van der Waals surface area contributed by atoms with Crippen molar-refractivity contribution < 1.29 is 4.79 Å². The van der Waals surface area contributed by atoms with E-state index < -0.39 is 0 Å². The minimum atomic E-state index is -0.192. The fraction of sp³-hybridized carbons (Fsp3) is 0.667. The number of nitriles is 1. The fourth-order valence-electron chi connectivity index (χ4n) is 0.936.